The van der Waals surface area contributed by atoms with Crippen molar-refractivity contribution in [3.63, 3.8) is 0 Å². The second-order valence-electron chi connectivity index (χ2n) is 6.30. The molecular weight excluding hydrogens is 596 g/mol. The monoisotopic (exact) mass is 606 g/mol. The van der Waals surface area contributed by atoms with Crippen molar-refractivity contribution in [3.8, 4) is 0 Å². The third-order valence-corrected chi connectivity index (χ3v) is 10.7. The number of sulfone groups is 1. The van der Waals surface area contributed by atoms with Crippen LogP contribution in [0.2, 0.25) is 0 Å². The van der Waals surface area contributed by atoms with E-state index in [2.05, 4.69) is 0 Å². The van der Waals surface area contributed by atoms with E-state index in [1.807, 2.05) is 0 Å². The van der Waals surface area contributed by atoms with Gasteiger partial charge in [-0.2, -0.15) is 39.5 Å². The normalized spacial score (nSPS) is 13.7. The van der Waals surface area contributed by atoms with Crippen LogP contribution in [0.1, 0.15) is 17.3 Å². The molecule has 2 aromatic carbocycles. The van der Waals surface area contributed by atoms with E-state index in [4.69, 9.17) is 0 Å². The third kappa shape index (κ3) is 9.33. The highest BCUT2D eigenvalue weighted by Gasteiger charge is 2.57. The van der Waals surface area contributed by atoms with Crippen molar-refractivity contribution >= 4 is 62.7 Å². The smallest absolute Gasteiger partial charge is 0.295 e. The molecule has 2 aromatic rings. The Morgan fingerprint density at radius 2 is 1.00 bits per heavy atom. The van der Waals surface area contributed by atoms with Gasteiger partial charge in [0.1, 0.15) is 0 Å². The molecular formula is C18H11F9O3S5. The summed E-state index contributed by atoms with van der Waals surface area (Å²) in [5, 5.41) is 0. The number of carbonyl (C=O) groups is 1. The first-order chi connectivity index (χ1) is 15.7. The number of hydrogen-bond donors (Lipinski definition) is 0. The molecule has 3 nitrogen and oxygen atoms in total. The zero-order valence-corrected chi connectivity index (χ0v) is 20.9. The van der Waals surface area contributed by atoms with Crippen LogP contribution in [-0.4, -0.2) is 33.5 Å². The Morgan fingerprint density at radius 1 is 0.657 bits per heavy atom. The average Bonchev–Trinajstić information content (AvgIpc) is 2.64. The Morgan fingerprint density at radius 3 is 1.31 bits per heavy atom. The molecule has 0 N–H and O–H groups in total. The molecule has 0 fully saturated rings. The standard InChI is InChI=1S/C18H11F9O3S5/c1-10(28)11-2-6-13(7-3-11)35(29,30)14-8-4-12(5-9-14)31-18(32-15(19,20)21,33-16(22,23)24)34-17(25,26)27/h2-9H,1H3. The average molecular weight is 607 g/mol. The minimum absolute atomic E-state index is 0.221. The van der Waals surface area contributed by atoms with Crippen LogP contribution in [0.3, 0.4) is 0 Å². The van der Waals surface area contributed by atoms with Gasteiger partial charge in [-0.15, -0.1) is 0 Å². The van der Waals surface area contributed by atoms with Crippen LogP contribution >= 0.6 is 47.0 Å². The quantitative estimate of drug-likeness (QED) is 0.130. The largest absolute Gasteiger partial charge is 0.444 e. The maximum Gasteiger partial charge on any atom is 0.444 e. The van der Waals surface area contributed by atoms with Crippen molar-refractivity contribution in [1.29, 1.82) is 0 Å². The van der Waals surface area contributed by atoms with Gasteiger partial charge in [0.05, 0.1) is 9.79 Å². The lowest BCUT2D eigenvalue weighted by Crippen LogP contribution is -2.26. The van der Waals surface area contributed by atoms with E-state index >= 15 is 0 Å². The molecule has 0 bridgehead atoms. The number of hydrogen-bond acceptors (Lipinski definition) is 7. The number of thioether (sulfide) groups is 4. The van der Waals surface area contributed by atoms with E-state index in [-0.39, 0.29) is 28.0 Å². The number of alkyl halides is 9. The van der Waals surface area contributed by atoms with Crippen LogP contribution in [0.25, 0.3) is 0 Å². The van der Waals surface area contributed by atoms with Crippen molar-refractivity contribution in [3.05, 3.63) is 54.1 Å². The Balaban J connectivity index is 2.43. The van der Waals surface area contributed by atoms with Crippen molar-refractivity contribution in [2.24, 2.45) is 0 Å². The Labute approximate surface area is 209 Å². The zero-order valence-electron chi connectivity index (χ0n) is 16.8. The molecule has 0 unspecified atom stereocenters. The van der Waals surface area contributed by atoms with Gasteiger partial charge in [-0.05, 0) is 78.6 Å². The van der Waals surface area contributed by atoms with Gasteiger partial charge in [0.25, 0.3) is 0 Å². The van der Waals surface area contributed by atoms with Crippen LogP contribution in [0.4, 0.5) is 39.5 Å². The minimum atomic E-state index is -5.46. The Kier molecular flexibility index (Phi) is 9.16. The van der Waals surface area contributed by atoms with Gasteiger partial charge in [-0.3, -0.25) is 4.79 Å². The van der Waals surface area contributed by atoms with Crippen LogP contribution < -0.4 is 0 Å². The van der Waals surface area contributed by atoms with Crippen LogP contribution in [0.15, 0.2) is 63.2 Å². The van der Waals surface area contributed by atoms with Gasteiger partial charge in [-0.25, -0.2) is 8.42 Å². The van der Waals surface area contributed by atoms with Crippen molar-refractivity contribution in [2.75, 3.05) is 0 Å². The summed E-state index contributed by atoms with van der Waals surface area (Å²) in [7, 11) is -4.20. The molecule has 0 aliphatic rings. The highest BCUT2D eigenvalue weighted by molar-refractivity contribution is 8.48. The molecule has 35 heavy (non-hydrogen) atoms. The summed E-state index contributed by atoms with van der Waals surface area (Å²) >= 11 is -4.83. The summed E-state index contributed by atoms with van der Waals surface area (Å²) in [5.74, 6) is -0.330. The molecule has 17 heteroatoms. The fourth-order valence-electron chi connectivity index (χ4n) is 2.39. The van der Waals surface area contributed by atoms with E-state index in [0.717, 1.165) is 36.4 Å². The summed E-state index contributed by atoms with van der Waals surface area (Å²) in [5.41, 5.74) is -16.2. The topological polar surface area (TPSA) is 51.2 Å². The van der Waals surface area contributed by atoms with Gasteiger partial charge in [0, 0.05) is 10.5 Å². The summed E-state index contributed by atoms with van der Waals surface area (Å²) in [6, 6.07) is 8.03. The predicted octanol–water partition coefficient (Wildman–Crippen LogP) is 8.18. The number of Topliss-reactive ketones (excluding diaryl/α,β-unsaturated/α-hetero) is 1. The second-order valence-corrected chi connectivity index (χ2v) is 14.9. The van der Waals surface area contributed by atoms with Crippen LogP contribution in [-0.2, 0) is 9.84 Å². The highest BCUT2D eigenvalue weighted by atomic mass is 32.3. The van der Waals surface area contributed by atoms with E-state index in [9.17, 15) is 52.7 Å². The number of halogens is 9. The maximum absolute atomic E-state index is 13.0. The first kappa shape index (κ1) is 30.1. The molecule has 0 saturated carbocycles. The first-order valence-corrected chi connectivity index (χ1v) is 13.4. The molecule has 2 rings (SSSR count). The molecule has 0 heterocycles. The van der Waals surface area contributed by atoms with Crippen LogP contribution in [0.5, 0.6) is 0 Å². The number of benzene rings is 2. The molecule has 194 valence electrons. The highest BCUT2D eigenvalue weighted by Crippen LogP contribution is 2.68. The van der Waals surface area contributed by atoms with Crippen LogP contribution in [0, 0.1) is 0 Å². The fourth-order valence-corrected chi connectivity index (χ4v) is 9.48. The van der Waals surface area contributed by atoms with E-state index in [0.29, 0.717) is 0 Å². The first-order valence-electron chi connectivity index (χ1n) is 8.67. The van der Waals surface area contributed by atoms with Gasteiger partial charge in [-0.1, -0.05) is 23.9 Å². The van der Waals surface area contributed by atoms with Crippen molar-refractivity contribution < 1.29 is 52.7 Å². The Hall–Kier alpha value is -1.17. The van der Waals surface area contributed by atoms with E-state index < -0.39 is 74.2 Å². The molecule has 0 radical (unpaired) electrons. The summed E-state index contributed by atoms with van der Waals surface area (Å²) in [4.78, 5) is 10.2. The van der Waals surface area contributed by atoms with Crippen molar-refractivity contribution in [2.45, 2.75) is 40.9 Å². The molecule has 0 aliphatic heterocycles. The minimum Gasteiger partial charge on any atom is -0.295 e. The molecule has 0 aliphatic carbocycles. The molecule has 0 amide bonds. The molecule has 0 spiro atoms. The maximum atomic E-state index is 13.0. The summed E-state index contributed by atoms with van der Waals surface area (Å²) < 4.78 is 139. The van der Waals surface area contributed by atoms with Gasteiger partial charge < -0.3 is 0 Å². The number of carbonyl (C=O) groups excluding carboxylic acids is 1. The number of rotatable bonds is 8. The number of ketones is 1. The predicted molar refractivity (Wildman–Crippen MR) is 118 cm³/mol. The lowest BCUT2D eigenvalue weighted by Gasteiger charge is -2.32. The van der Waals surface area contributed by atoms with Crippen molar-refractivity contribution in [1.82, 2.24) is 0 Å². The molecule has 0 atom stereocenters. The van der Waals surface area contributed by atoms with E-state index in [1.54, 1.807) is 0 Å². The van der Waals surface area contributed by atoms with Gasteiger partial charge >= 0.3 is 16.5 Å². The molecule has 0 saturated heterocycles. The van der Waals surface area contributed by atoms with Gasteiger partial charge in [0.15, 0.2) is 8.53 Å². The summed E-state index contributed by atoms with van der Waals surface area (Å²) in [6.45, 7) is 1.26. The molecule has 0 aromatic heterocycles. The zero-order chi connectivity index (χ0) is 26.9. The lowest BCUT2D eigenvalue weighted by molar-refractivity contribution is -0.0356. The third-order valence-electron chi connectivity index (χ3n) is 3.67. The van der Waals surface area contributed by atoms with Gasteiger partial charge in [0.2, 0.25) is 9.84 Å². The SMILES string of the molecule is CC(=O)c1ccc(S(=O)(=O)c2ccc(SC(SC(F)(F)F)(SC(F)(F)F)SC(F)(F)F)cc2)cc1. The summed E-state index contributed by atoms with van der Waals surface area (Å²) in [6.07, 6.45) is 0. The second kappa shape index (κ2) is 10.7. The fraction of sp³-hybridized carbons (Fsp3) is 0.278. The van der Waals surface area contributed by atoms with E-state index in [1.165, 1.54) is 19.1 Å². The Bertz CT molecular complexity index is 1100. The lowest BCUT2D eigenvalue weighted by atomic mass is 10.2.